The van der Waals surface area contributed by atoms with Gasteiger partial charge in [0.2, 0.25) is 10.0 Å². The first-order valence-corrected chi connectivity index (χ1v) is 8.78. The predicted octanol–water partition coefficient (Wildman–Crippen LogP) is 1.85. The summed E-state index contributed by atoms with van der Waals surface area (Å²) in [5.74, 6) is 0.250. The van der Waals surface area contributed by atoms with E-state index in [2.05, 4.69) is 0 Å². The van der Waals surface area contributed by atoms with Crippen LogP contribution < -0.4 is 5.73 Å². The fraction of sp³-hybridized carbons (Fsp3) is 0.571. The number of rotatable bonds is 5. The van der Waals surface area contributed by atoms with Crippen molar-refractivity contribution in [2.45, 2.75) is 24.3 Å². The van der Waals surface area contributed by atoms with Crippen LogP contribution in [-0.2, 0) is 21.3 Å². The van der Waals surface area contributed by atoms with Crippen LogP contribution in [0, 0.1) is 5.92 Å². The molecule has 118 valence electrons. The van der Waals surface area contributed by atoms with Gasteiger partial charge in [0.05, 0.1) is 11.5 Å². The minimum atomic E-state index is -3.50. The molecular weight excluding hydrogens is 312 g/mol. The number of nitrogens with zero attached hydrogens (tertiary/aromatic N) is 1. The lowest BCUT2D eigenvalue weighted by atomic mass is 10.0. The third-order valence-electron chi connectivity index (χ3n) is 3.76. The standard InChI is InChI=1S/C14H21ClN2O3S/c1-20-10-11-3-2-6-17(9-11)21(18,19)13-4-5-14(15)12(7-13)8-16/h4-5,7,11H,2-3,6,8-10,16H2,1H3. The highest BCUT2D eigenvalue weighted by atomic mass is 35.5. The van der Waals surface area contributed by atoms with Crippen molar-refractivity contribution in [2.75, 3.05) is 26.8 Å². The topological polar surface area (TPSA) is 72.6 Å². The summed E-state index contributed by atoms with van der Waals surface area (Å²) in [5, 5.41) is 0.493. The number of nitrogens with two attached hydrogens (primary N) is 1. The summed E-state index contributed by atoms with van der Waals surface area (Å²) in [7, 11) is -1.86. The molecule has 0 aromatic heterocycles. The molecule has 1 aliphatic rings. The van der Waals surface area contributed by atoms with Crippen LogP contribution in [0.2, 0.25) is 5.02 Å². The summed E-state index contributed by atoms with van der Waals surface area (Å²) in [4.78, 5) is 0.255. The number of piperidine rings is 1. The molecule has 0 aliphatic carbocycles. The van der Waals surface area contributed by atoms with Crippen LogP contribution in [0.15, 0.2) is 23.1 Å². The predicted molar refractivity (Wildman–Crippen MR) is 82.7 cm³/mol. The van der Waals surface area contributed by atoms with E-state index in [1.165, 1.54) is 10.4 Å². The highest BCUT2D eigenvalue weighted by molar-refractivity contribution is 7.89. The Kier molecular flexibility index (Phi) is 5.62. The van der Waals surface area contributed by atoms with E-state index >= 15 is 0 Å². The molecule has 1 unspecified atom stereocenters. The van der Waals surface area contributed by atoms with E-state index < -0.39 is 10.0 Å². The Labute approximate surface area is 131 Å². The maximum atomic E-state index is 12.7. The molecule has 0 bridgehead atoms. The first-order chi connectivity index (χ1) is 9.98. The maximum absolute atomic E-state index is 12.7. The van der Waals surface area contributed by atoms with Crippen LogP contribution >= 0.6 is 11.6 Å². The smallest absolute Gasteiger partial charge is 0.243 e. The second-order valence-electron chi connectivity index (χ2n) is 5.28. The van der Waals surface area contributed by atoms with Crippen LogP contribution in [0.1, 0.15) is 18.4 Å². The summed E-state index contributed by atoms with van der Waals surface area (Å²) in [5.41, 5.74) is 6.24. The Morgan fingerprint density at radius 1 is 1.48 bits per heavy atom. The van der Waals surface area contributed by atoms with E-state index in [4.69, 9.17) is 22.1 Å². The molecule has 1 aromatic rings. The van der Waals surface area contributed by atoms with E-state index in [0.29, 0.717) is 30.3 Å². The van der Waals surface area contributed by atoms with E-state index in [1.807, 2.05) is 0 Å². The van der Waals surface area contributed by atoms with Crippen molar-refractivity contribution >= 4 is 21.6 Å². The van der Waals surface area contributed by atoms with Gasteiger partial charge in [0.1, 0.15) is 0 Å². The minimum absolute atomic E-state index is 0.217. The van der Waals surface area contributed by atoms with E-state index in [-0.39, 0.29) is 17.4 Å². The Balaban J connectivity index is 2.25. The SMILES string of the molecule is COCC1CCCN(S(=O)(=O)c2ccc(Cl)c(CN)c2)C1. The highest BCUT2D eigenvalue weighted by Crippen LogP contribution is 2.26. The Morgan fingerprint density at radius 3 is 2.90 bits per heavy atom. The number of methoxy groups -OCH3 is 1. The molecule has 5 nitrogen and oxygen atoms in total. The summed E-state index contributed by atoms with van der Waals surface area (Å²) in [6.45, 7) is 1.84. The van der Waals surface area contributed by atoms with E-state index in [1.54, 1.807) is 19.2 Å². The van der Waals surface area contributed by atoms with Crippen LogP contribution in [0.5, 0.6) is 0 Å². The van der Waals surface area contributed by atoms with Gasteiger partial charge in [-0.1, -0.05) is 11.6 Å². The van der Waals surface area contributed by atoms with Gasteiger partial charge in [-0.3, -0.25) is 0 Å². The zero-order valence-corrected chi connectivity index (χ0v) is 13.7. The van der Waals surface area contributed by atoms with Crippen LogP contribution in [0.3, 0.4) is 0 Å². The molecular formula is C14H21ClN2O3S. The Morgan fingerprint density at radius 2 is 2.24 bits per heavy atom. The monoisotopic (exact) mass is 332 g/mol. The molecule has 1 fully saturated rings. The molecule has 0 amide bonds. The van der Waals surface area contributed by atoms with E-state index in [0.717, 1.165) is 12.8 Å². The summed E-state index contributed by atoms with van der Waals surface area (Å²) in [6.07, 6.45) is 1.85. The summed E-state index contributed by atoms with van der Waals surface area (Å²) < 4.78 is 32.1. The number of sulfonamides is 1. The molecule has 1 heterocycles. The van der Waals surface area contributed by atoms with Gasteiger partial charge in [0, 0.05) is 31.8 Å². The third kappa shape index (κ3) is 3.76. The molecule has 0 spiro atoms. The number of halogens is 1. The van der Waals surface area contributed by atoms with Gasteiger partial charge in [0.15, 0.2) is 0 Å². The minimum Gasteiger partial charge on any atom is -0.384 e. The molecule has 7 heteroatoms. The average Bonchev–Trinajstić information content (AvgIpc) is 2.48. The first kappa shape index (κ1) is 16.7. The van der Waals surface area contributed by atoms with Crippen molar-refractivity contribution in [1.82, 2.24) is 4.31 Å². The van der Waals surface area contributed by atoms with Crippen LogP contribution in [0.4, 0.5) is 0 Å². The maximum Gasteiger partial charge on any atom is 0.243 e. The lowest BCUT2D eigenvalue weighted by molar-refractivity contribution is 0.118. The fourth-order valence-electron chi connectivity index (χ4n) is 2.63. The van der Waals surface area contributed by atoms with Crippen LogP contribution in [0.25, 0.3) is 0 Å². The average molecular weight is 333 g/mol. The van der Waals surface area contributed by atoms with Crippen molar-refractivity contribution in [3.63, 3.8) is 0 Å². The molecule has 1 aliphatic heterocycles. The largest absolute Gasteiger partial charge is 0.384 e. The summed E-state index contributed by atoms with van der Waals surface area (Å²) >= 11 is 5.99. The lowest BCUT2D eigenvalue weighted by Crippen LogP contribution is -2.41. The lowest BCUT2D eigenvalue weighted by Gasteiger charge is -2.31. The van der Waals surface area contributed by atoms with Gasteiger partial charge in [-0.2, -0.15) is 4.31 Å². The van der Waals surface area contributed by atoms with Crippen LogP contribution in [-0.4, -0.2) is 39.5 Å². The highest BCUT2D eigenvalue weighted by Gasteiger charge is 2.30. The quantitative estimate of drug-likeness (QED) is 0.893. The van der Waals surface area contributed by atoms with Gasteiger partial charge < -0.3 is 10.5 Å². The van der Waals surface area contributed by atoms with Crippen molar-refractivity contribution in [3.05, 3.63) is 28.8 Å². The van der Waals surface area contributed by atoms with E-state index in [9.17, 15) is 8.42 Å². The first-order valence-electron chi connectivity index (χ1n) is 6.96. The molecule has 1 atom stereocenters. The van der Waals surface area contributed by atoms with Gasteiger partial charge in [-0.15, -0.1) is 0 Å². The fourth-order valence-corrected chi connectivity index (χ4v) is 4.43. The molecule has 0 radical (unpaired) electrons. The van der Waals surface area contributed by atoms with Crippen molar-refractivity contribution in [3.8, 4) is 0 Å². The number of ether oxygens (including phenoxy) is 1. The normalized spacial score (nSPS) is 20.6. The van der Waals surface area contributed by atoms with Gasteiger partial charge in [-0.25, -0.2) is 8.42 Å². The molecule has 21 heavy (non-hydrogen) atoms. The van der Waals surface area contributed by atoms with Crippen molar-refractivity contribution < 1.29 is 13.2 Å². The zero-order chi connectivity index (χ0) is 15.5. The zero-order valence-electron chi connectivity index (χ0n) is 12.1. The molecule has 1 aromatic carbocycles. The van der Waals surface area contributed by atoms with Gasteiger partial charge in [0.25, 0.3) is 0 Å². The molecule has 1 saturated heterocycles. The van der Waals surface area contributed by atoms with Gasteiger partial charge >= 0.3 is 0 Å². The number of benzene rings is 1. The van der Waals surface area contributed by atoms with Gasteiger partial charge in [-0.05, 0) is 42.5 Å². The van der Waals surface area contributed by atoms with Crippen molar-refractivity contribution in [2.24, 2.45) is 11.7 Å². The summed E-state index contributed by atoms with van der Waals surface area (Å²) in [6, 6.07) is 4.70. The number of hydrogen-bond donors (Lipinski definition) is 1. The second-order valence-corrected chi connectivity index (χ2v) is 7.63. The van der Waals surface area contributed by atoms with Crippen molar-refractivity contribution in [1.29, 1.82) is 0 Å². The number of hydrogen-bond acceptors (Lipinski definition) is 4. The molecule has 0 saturated carbocycles. The second kappa shape index (κ2) is 7.07. The third-order valence-corrected chi connectivity index (χ3v) is 5.99. The molecule has 2 N–H and O–H groups in total. The molecule has 2 rings (SSSR count). The Bertz CT molecular complexity index is 590. The Hall–Kier alpha value is -0.660.